The highest BCUT2D eigenvalue weighted by Crippen LogP contribution is 2.22. The molecule has 47 heavy (non-hydrogen) atoms. The van der Waals surface area contributed by atoms with Gasteiger partial charge in [0.15, 0.2) is 0 Å². The Balaban J connectivity index is 1.23. The minimum atomic E-state index is -0.663. The summed E-state index contributed by atoms with van der Waals surface area (Å²) in [5, 5.41) is 0. The van der Waals surface area contributed by atoms with Crippen molar-refractivity contribution in [2.24, 2.45) is 0 Å². The molecule has 0 fully saturated rings. The second kappa shape index (κ2) is 16.4. The van der Waals surface area contributed by atoms with Crippen molar-refractivity contribution in [3.63, 3.8) is 0 Å². The molecule has 0 amide bonds. The Labute approximate surface area is 268 Å². The zero-order valence-corrected chi connectivity index (χ0v) is 24.6. The van der Waals surface area contributed by atoms with Crippen molar-refractivity contribution in [2.75, 3.05) is 13.6 Å². The van der Waals surface area contributed by atoms with E-state index in [4.69, 9.17) is 33.2 Å². The monoisotopic (exact) mass is 638 g/mol. The van der Waals surface area contributed by atoms with Gasteiger partial charge in [-0.3, -0.25) is 0 Å². The van der Waals surface area contributed by atoms with Crippen molar-refractivity contribution in [1.29, 1.82) is 0 Å². The number of ether oxygens (including phenoxy) is 7. The summed E-state index contributed by atoms with van der Waals surface area (Å²) in [6.07, 6.45) is 2.02. The fraction of sp³-hybridized carbons (Fsp3) is 0.0571. The lowest BCUT2D eigenvalue weighted by Crippen LogP contribution is -2.11. The van der Waals surface area contributed by atoms with Gasteiger partial charge in [0.2, 0.25) is 13.6 Å². The summed E-state index contributed by atoms with van der Waals surface area (Å²) < 4.78 is 36.0. The average molecular weight is 639 g/mol. The summed E-state index contributed by atoms with van der Waals surface area (Å²) >= 11 is 0. The SMILES string of the molecule is C=CC(=O)OCOc1ccc(C(=O)Oc2ccc(OC(=O)c3ccc(OC(=O)c4ccc(OCOC(=O)C=C)cc4)cc3)cc2)cc1. The predicted molar refractivity (Wildman–Crippen MR) is 164 cm³/mol. The lowest BCUT2D eigenvalue weighted by Gasteiger charge is -2.09. The normalized spacial score (nSPS) is 10.0. The Morgan fingerprint density at radius 3 is 0.957 bits per heavy atom. The maximum atomic E-state index is 12.6. The highest BCUT2D eigenvalue weighted by atomic mass is 16.7. The minimum absolute atomic E-state index is 0.199. The summed E-state index contributed by atoms with van der Waals surface area (Å²) in [6, 6.07) is 23.6. The number of hydrogen-bond acceptors (Lipinski definition) is 12. The van der Waals surface area contributed by atoms with E-state index >= 15 is 0 Å². The van der Waals surface area contributed by atoms with Crippen LogP contribution in [0.4, 0.5) is 0 Å². The van der Waals surface area contributed by atoms with Crippen LogP contribution in [0.1, 0.15) is 31.1 Å². The maximum Gasteiger partial charge on any atom is 0.343 e. The fourth-order valence-corrected chi connectivity index (χ4v) is 3.54. The third-order valence-corrected chi connectivity index (χ3v) is 5.91. The van der Waals surface area contributed by atoms with E-state index in [0.717, 1.165) is 12.2 Å². The molecule has 0 aromatic heterocycles. The molecule has 0 unspecified atom stereocenters. The van der Waals surface area contributed by atoms with E-state index in [2.05, 4.69) is 13.2 Å². The van der Waals surface area contributed by atoms with Crippen LogP contribution in [-0.2, 0) is 19.1 Å². The van der Waals surface area contributed by atoms with Gasteiger partial charge in [0, 0.05) is 12.2 Å². The zero-order valence-electron chi connectivity index (χ0n) is 24.6. The molecule has 0 saturated heterocycles. The number of hydrogen-bond donors (Lipinski definition) is 0. The van der Waals surface area contributed by atoms with Crippen LogP contribution in [0.3, 0.4) is 0 Å². The molecule has 0 heterocycles. The summed E-state index contributed by atoms with van der Waals surface area (Å²) in [6.45, 7) is 5.95. The molecule has 0 aliphatic carbocycles. The molecule has 238 valence electrons. The molecule has 4 rings (SSSR count). The first-order valence-corrected chi connectivity index (χ1v) is 13.6. The summed E-state index contributed by atoms with van der Waals surface area (Å²) in [5.74, 6) is -1.81. The summed E-state index contributed by atoms with van der Waals surface area (Å²) in [7, 11) is 0. The first-order chi connectivity index (χ1) is 22.7. The molecule has 4 aromatic carbocycles. The second-order valence-corrected chi connectivity index (χ2v) is 9.07. The van der Waals surface area contributed by atoms with Crippen molar-refractivity contribution in [3.05, 3.63) is 139 Å². The maximum absolute atomic E-state index is 12.6. The third kappa shape index (κ3) is 10.2. The number of rotatable bonds is 14. The molecular weight excluding hydrogens is 612 g/mol. The Morgan fingerprint density at radius 2 is 0.681 bits per heavy atom. The van der Waals surface area contributed by atoms with Crippen LogP contribution in [0.15, 0.2) is 122 Å². The minimum Gasteiger partial charge on any atom is -0.457 e. The Bertz CT molecular complexity index is 1740. The third-order valence-electron chi connectivity index (χ3n) is 5.91. The molecule has 12 nitrogen and oxygen atoms in total. The first-order valence-electron chi connectivity index (χ1n) is 13.6. The molecule has 0 atom stereocenters. The lowest BCUT2D eigenvalue weighted by molar-refractivity contribution is -0.145. The van der Waals surface area contributed by atoms with Crippen LogP contribution in [0.2, 0.25) is 0 Å². The smallest absolute Gasteiger partial charge is 0.343 e. The van der Waals surface area contributed by atoms with Crippen molar-refractivity contribution in [3.8, 4) is 28.7 Å². The van der Waals surface area contributed by atoms with Gasteiger partial charge in [0.05, 0.1) is 16.7 Å². The predicted octanol–water partition coefficient (Wildman–Crippen LogP) is 5.48. The van der Waals surface area contributed by atoms with E-state index in [1.54, 1.807) is 0 Å². The van der Waals surface area contributed by atoms with Crippen molar-refractivity contribution in [1.82, 2.24) is 0 Å². The largest absolute Gasteiger partial charge is 0.457 e. The van der Waals surface area contributed by atoms with Gasteiger partial charge in [0.1, 0.15) is 28.7 Å². The van der Waals surface area contributed by atoms with Crippen LogP contribution in [0, 0.1) is 0 Å². The van der Waals surface area contributed by atoms with Gasteiger partial charge >= 0.3 is 29.8 Å². The molecular formula is C35H26O12. The van der Waals surface area contributed by atoms with E-state index in [9.17, 15) is 24.0 Å². The fourth-order valence-electron chi connectivity index (χ4n) is 3.54. The molecule has 0 saturated carbocycles. The van der Waals surface area contributed by atoms with Crippen LogP contribution >= 0.6 is 0 Å². The van der Waals surface area contributed by atoms with Gasteiger partial charge in [-0.05, 0) is 97.1 Å². The van der Waals surface area contributed by atoms with Gasteiger partial charge in [-0.1, -0.05) is 13.2 Å². The number of esters is 5. The van der Waals surface area contributed by atoms with E-state index in [0.29, 0.717) is 11.5 Å². The average Bonchev–Trinajstić information content (AvgIpc) is 3.09. The lowest BCUT2D eigenvalue weighted by atomic mass is 10.2. The van der Waals surface area contributed by atoms with Crippen LogP contribution < -0.4 is 23.7 Å². The van der Waals surface area contributed by atoms with Crippen molar-refractivity contribution in [2.45, 2.75) is 0 Å². The van der Waals surface area contributed by atoms with E-state index < -0.39 is 29.8 Å². The molecule has 12 heteroatoms. The quantitative estimate of drug-likeness (QED) is 0.0745. The van der Waals surface area contributed by atoms with Crippen LogP contribution in [-0.4, -0.2) is 43.4 Å². The molecule has 0 aliphatic heterocycles. The summed E-state index contributed by atoms with van der Waals surface area (Å²) in [5.41, 5.74) is 0.690. The highest BCUT2D eigenvalue weighted by Gasteiger charge is 2.14. The van der Waals surface area contributed by atoms with Crippen molar-refractivity contribution < 1.29 is 57.1 Å². The molecule has 4 aromatic rings. The van der Waals surface area contributed by atoms with Crippen LogP contribution in [0.5, 0.6) is 28.7 Å². The Morgan fingerprint density at radius 1 is 0.426 bits per heavy atom. The zero-order chi connectivity index (χ0) is 33.6. The Hall–Kier alpha value is -6.69. The molecule has 0 radical (unpaired) electrons. The molecule has 0 bridgehead atoms. The molecule has 0 aliphatic rings. The van der Waals surface area contributed by atoms with Crippen molar-refractivity contribution >= 4 is 29.8 Å². The van der Waals surface area contributed by atoms with Gasteiger partial charge in [-0.25, -0.2) is 24.0 Å². The number of benzene rings is 4. The Kier molecular flexibility index (Phi) is 11.6. The highest BCUT2D eigenvalue weighted by molar-refractivity contribution is 5.93. The van der Waals surface area contributed by atoms with Crippen LogP contribution in [0.25, 0.3) is 0 Å². The van der Waals surface area contributed by atoms with Gasteiger partial charge < -0.3 is 33.2 Å². The topological polar surface area (TPSA) is 150 Å². The number of carbonyl (C=O) groups is 5. The molecule has 0 N–H and O–H groups in total. The molecule has 0 spiro atoms. The standard InChI is InChI=1S/C35H26O12/c1-3-31(36)43-21-41-26-11-5-23(6-12-26)33(38)45-28-15-9-25(10-16-28)35(40)47-30-19-17-29(18-20-30)46-34(39)24-7-13-27(14-8-24)42-22-44-32(37)4-2/h3-20H,1-2,21-22H2. The van der Waals surface area contributed by atoms with Gasteiger partial charge in [0.25, 0.3) is 0 Å². The van der Waals surface area contributed by atoms with E-state index in [-0.39, 0.29) is 47.5 Å². The van der Waals surface area contributed by atoms with Gasteiger partial charge in [-0.15, -0.1) is 0 Å². The van der Waals surface area contributed by atoms with E-state index in [1.165, 1.54) is 97.1 Å². The van der Waals surface area contributed by atoms with Gasteiger partial charge in [-0.2, -0.15) is 0 Å². The first kappa shape index (κ1) is 33.2. The summed E-state index contributed by atoms with van der Waals surface area (Å²) in [4.78, 5) is 59.7. The van der Waals surface area contributed by atoms with E-state index in [1.807, 2.05) is 0 Å². The second-order valence-electron chi connectivity index (χ2n) is 9.07. The number of carbonyl (C=O) groups excluding carboxylic acids is 5.